The van der Waals surface area contributed by atoms with Gasteiger partial charge in [-0.3, -0.25) is 0 Å². The zero-order valence-electron chi connectivity index (χ0n) is 15.4. The second-order valence-corrected chi connectivity index (χ2v) is 6.97. The van der Waals surface area contributed by atoms with Crippen LogP contribution in [0.2, 0.25) is 0 Å². The van der Waals surface area contributed by atoms with Crippen molar-refractivity contribution in [3.8, 4) is 0 Å². The molecule has 0 spiro atoms. The first-order chi connectivity index (χ1) is 12.5. The number of piperidine rings is 1. The molecule has 3 rings (SSSR count). The first-order valence-corrected chi connectivity index (χ1v) is 8.79. The van der Waals surface area contributed by atoms with Crippen molar-refractivity contribution >= 4 is 11.7 Å². The van der Waals surface area contributed by atoms with Crippen molar-refractivity contribution in [3.05, 3.63) is 41.7 Å². The number of nitrogens with one attached hydrogen (secondary N) is 1. The van der Waals surface area contributed by atoms with E-state index in [-0.39, 0.29) is 17.6 Å². The minimum atomic E-state index is -0.434. The number of benzene rings is 1. The number of rotatable bonds is 4. The summed E-state index contributed by atoms with van der Waals surface area (Å²) in [5.41, 5.74) is 0.201. The molecule has 7 nitrogen and oxygen atoms in total. The lowest BCUT2D eigenvalue weighted by molar-refractivity contribution is 0.190. The van der Waals surface area contributed by atoms with Crippen LogP contribution in [0.4, 0.5) is 14.9 Å². The predicted molar refractivity (Wildman–Crippen MR) is 97.4 cm³/mol. The maximum atomic E-state index is 13.8. The Hall–Kier alpha value is -2.48. The maximum Gasteiger partial charge on any atom is 0.321 e. The Morgan fingerprint density at radius 1 is 1.35 bits per heavy atom. The molecule has 0 aliphatic carbocycles. The number of anilines is 1. The van der Waals surface area contributed by atoms with E-state index in [1.54, 1.807) is 23.1 Å². The van der Waals surface area contributed by atoms with Crippen LogP contribution in [0, 0.1) is 5.82 Å². The van der Waals surface area contributed by atoms with Gasteiger partial charge in [0.25, 0.3) is 0 Å². The van der Waals surface area contributed by atoms with E-state index in [4.69, 9.17) is 0 Å². The summed E-state index contributed by atoms with van der Waals surface area (Å²) in [6.07, 6.45) is 1.84. The molecular weight excluding hydrogens is 335 g/mol. The molecule has 0 radical (unpaired) electrons. The van der Waals surface area contributed by atoms with Crippen molar-refractivity contribution < 1.29 is 9.18 Å². The van der Waals surface area contributed by atoms with E-state index in [1.165, 1.54) is 6.07 Å². The average Bonchev–Trinajstić information content (AvgIpc) is 2.97. The van der Waals surface area contributed by atoms with Gasteiger partial charge in [0.05, 0.1) is 12.2 Å². The molecule has 1 aliphatic rings. The largest absolute Gasteiger partial charge is 0.324 e. The zero-order chi connectivity index (χ0) is 18.7. The third kappa shape index (κ3) is 4.01. The quantitative estimate of drug-likeness (QED) is 0.909. The molecule has 1 atom stereocenters. The van der Waals surface area contributed by atoms with Crippen molar-refractivity contribution in [1.29, 1.82) is 0 Å². The number of amides is 2. The molecule has 0 bridgehead atoms. The van der Waals surface area contributed by atoms with E-state index in [2.05, 4.69) is 15.5 Å². The molecular formula is C18H25FN6O. The van der Waals surface area contributed by atoms with Crippen LogP contribution in [-0.2, 0) is 13.6 Å². The Kier molecular flexibility index (Phi) is 5.51. The highest BCUT2D eigenvalue weighted by Gasteiger charge is 2.28. The summed E-state index contributed by atoms with van der Waals surface area (Å²) < 4.78 is 15.8. The minimum absolute atomic E-state index is 0.128. The number of aromatic nitrogens is 3. The van der Waals surface area contributed by atoms with Gasteiger partial charge in [0.15, 0.2) is 0 Å². The normalized spacial score (nSPS) is 17.6. The Morgan fingerprint density at radius 2 is 2.12 bits per heavy atom. The van der Waals surface area contributed by atoms with Crippen molar-refractivity contribution in [2.24, 2.45) is 7.05 Å². The average molecular weight is 360 g/mol. The number of hydrogen-bond donors (Lipinski definition) is 1. The molecule has 1 fully saturated rings. The van der Waals surface area contributed by atoms with Crippen LogP contribution >= 0.6 is 0 Å². The standard InChI is InChI=1S/C18H25FN6O/c1-23(2)12-16-21-22-17(24(16)3)13-7-6-10-25(11-13)18(26)20-15-9-5-4-8-14(15)19/h4-5,8-9,13H,6-7,10-12H2,1-3H3,(H,20,26)/t13-/m1/s1. The van der Waals surface area contributed by atoms with Crippen LogP contribution in [0.1, 0.15) is 30.4 Å². The lowest BCUT2D eigenvalue weighted by Crippen LogP contribution is -2.42. The Balaban J connectivity index is 1.68. The van der Waals surface area contributed by atoms with Gasteiger partial charge in [-0.1, -0.05) is 12.1 Å². The number of para-hydroxylation sites is 1. The van der Waals surface area contributed by atoms with Crippen LogP contribution in [0.15, 0.2) is 24.3 Å². The summed E-state index contributed by atoms with van der Waals surface area (Å²) in [6.45, 7) is 1.92. The van der Waals surface area contributed by atoms with E-state index < -0.39 is 5.82 Å². The number of urea groups is 1. The van der Waals surface area contributed by atoms with Gasteiger partial charge >= 0.3 is 6.03 Å². The highest BCUT2D eigenvalue weighted by atomic mass is 19.1. The van der Waals surface area contributed by atoms with Gasteiger partial charge in [0.2, 0.25) is 0 Å². The fourth-order valence-electron chi connectivity index (χ4n) is 3.28. The number of carbonyl (C=O) groups excluding carboxylic acids is 1. The SMILES string of the molecule is CN(C)Cc1nnc([C@@H]2CCCN(C(=O)Nc3ccccc3F)C2)n1C. The third-order valence-electron chi connectivity index (χ3n) is 4.65. The van der Waals surface area contributed by atoms with E-state index in [9.17, 15) is 9.18 Å². The summed E-state index contributed by atoms with van der Waals surface area (Å²) in [5.74, 6) is 1.49. The molecule has 8 heteroatoms. The van der Waals surface area contributed by atoms with Gasteiger partial charge in [0, 0.05) is 26.1 Å². The van der Waals surface area contributed by atoms with Crippen LogP contribution in [0.25, 0.3) is 0 Å². The van der Waals surface area contributed by atoms with Gasteiger partial charge in [-0.05, 0) is 39.1 Å². The van der Waals surface area contributed by atoms with Gasteiger partial charge in [-0.25, -0.2) is 9.18 Å². The van der Waals surface area contributed by atoms with Crippen LogP contribution < -0.4 is 5.32 Å². The molecule has 0 saturated carbocycles. The van der Waals surface area contributed by atoms with Crippen molar-refractivity contribution in [1.82, 2.24) is 24.6 Å². The highest BCUT2D eigenvalue weighted by molar-refractivity contribution is 5.89. The van der Waals surface area contributed by atoms with Gasteiger partial charge in [-0.15, -0.1) is 10.2 Å². The summed E-state index contributed by atoms with van der Waals surface area (Å²) in [6, 6.07) is 5.91. The van der Waals surface area contributed by atoms with Crippen molar-refractivity contribution in [2.75, 3.05) is 32.5 Å². The Bertz CT molecular complexity index is 775. The monoisotopic (exact) mass is 360 g/mol. The van der Waals surface area contributed by atoms with Crippen LogP contribution in [0.5, 0.6) is 0 Å². The summed E-state index contributed by atoms with van der Waals surface area (Å²) in [7, 11) is 5.94. The van der Waals surface area contributed by atoms with E-state index in [0.717, 1.165) is 24.5 Å². The molecule has 1 saturated heterocycles. The molecule has 1 N–H and O–H groups in total. The lowest BCUT2D eigenvalue weighted by Gasteiger charge is -2.32. The number of likely N-dealkylation sites (tertiary alicyclic amines) is 1. The lowest BCUT2D eigenvalue weighted by atomic mass is 9.97. The summed E-state index contributed by atoms with van der Waals surface area (Å²) >= 11 is 0. The molecule has 0 unspecified atom stereocenters. The minimum Gasteiger partial charge on any atom is -0.324 e. The topological polar surface area (TPSA) is 66.3 Å². The first-order valence-electron chi connectivity index (χ1n) is 8.79. The van der Waals surface area contributed by atoms with Crippen LogP contribution in [0.3, 0.4) is 0 Å². The van der Waals surface area contributed by atoms with Crippen LogP contribution in [-0.4, -0.2) is 57.8 Å². The second-order valence-electron chi connectivity index (χ2n) is 6.97. The molecule has 2 heterocycles. The molecule has 2 aromatic rings. The molecule has 26 heavy (non-hydrogen) atoms. The summed E-state index contributed by atoms with van der Waals surface area (Å²) in [4.78, 5) is 16.3. The molecule has 2 amide bonds. The predicted octanol–water partition coefficient (Wildman–Crippen LogP) is 2.43. The summed E-state index contributed by atoms with van der Waals surface area (Å²) in [5, 5.41) is 11.3. The zero-order valence-corrected chi connectivity index (χ0v) is 15.4. The number of hydrogen-bond acceptors (Lipinski definition) is 4. The number of halogens is 1. The van der Waals surface area contributed by atoms with Crippen molar-refractivity contribution in [3.63, 3.8) is 0 Å². The highest BCUT2D eigenvalue weighted by Crippen LogP contribution is 2.26. The number of carbonyl (C=O) groups is 1. The molecule has 1 aromatic heterocycles. The number of nitrogens with zero attached hydrogens (tertiary/aromatic N) is 5. The van der Waals surface area contributed by atoms with Gasteiger partial charge in [-0.2, -0.15) is 0 Å². The Labute approximate surface area is 152 Å². The Morgan fingerprint density at radius 3 is 2.85 bits per heavy atom. The molecule has 1 aromatic carbocycles. The van der Waals surface area contributed by atoms with E-state index >= 15 is 0 Å². The van der Waals surface area contributed by atoms with Gasteiger partial charge in [0.1, 0.15) is 17.5 Å². The van der Waals surface area contributed by atoms with E-state index in [0.29, 0.717) is 19.6 Å². The fourth-order valence-corrected chi connectivity index (χ4v) is 3.28. The van der Waals surface area contributed by atoms with Gasteiger partial charge < -0.3 is 19.7 Å². The van der Waals surface area contributed by atoms with Crippen molar-refractivity contribution in [2.45, 2.75) is 25.3 Å². The molecule has 1 aliphatic heterocycles. The van der Waals surface area contributed by atoms with E-state index in [1.807, 2.05) is 30.6 Å². The molecule has 140 valence electrons. The fraction of sp³-hybridized carbons (Fsp3) is 0.500. The first kappa shape index (κ1) is 18.3. The third-order valence-corrected chi connectivity index (χ3v) is 4.65. The second kappa shape index (κ2) is 7.82. The smallest absolute Gasteiger partial charge is 0.321 e. The maximum absolute atomic E-state index is 13.8.